The number of methoxy groups -OCH3 is 2. The Bertz CT molecular complexity index is 948. The zero-order chi connectivity index (χ0) is 21.6. The molecule has 0 aromatic heterocycles. The van der Waals surface area contributed by atoms with Crippen LogP contribution in [0.1, 0.15) is 12.5 Å². The molecule has 7 nitrogen and oxygen atoms in total. The van der Waals surface area contributed by atoms with Crippen LogP contribution in [0.3, 0.4) is 0 Å². The number of aryl methyl sites for hydroxylation is 1. The van der Waals surface area contributed by atoms with Gasteiger partial charge in [-0.1, -0.05) is 17.7 Å². The molecule has 0 aliphatic carbocycles. The molecule has 0 aliphatic rings. The fraction of sp³-hybridized carbons (Fsp3) is 0.350. The minimum atomic E-state index is -4.10. The molecule has 1 N–H and O–H groups in total. The minimum absolute atomic E-state index is 0.0207. The zero-order valence-electron chi connectivity index (χ0n) is 16.8. The normalized spacial score (nSPS) is 12.3. The predicted octanol–water partition coefficient (Wildman–Crippen LogP) is 3.00. The molecule has 2 aromatic carbocycles. The molecule has 0 spiro atoms. The lowest BCUT2D eigenvalue weighted by atomic mass is 10.2. The van der Waals surface area contributed by atoms with Crippen LogP contribution in [0.4, 0.5) is 5.69 Å². The van der Waals surface area contributed by atoms with E-state index in [0.717, 1.165) is 9.87 Å². The number of carbonyl (C=O) groups is 1. The summed E-state index contributed by atoms with van der Waals surface area (Å²) in [5.41, 5.74) is 1.06. The fourth-order valence-electron chi connectivity index (χ4n) is 2.77. The van der Waals surface area contributed by atoms with Gasteiger partial charge < -0.3 is 14.8 Å². The molecule has 0 bridgehead atoms. The number of amides is 1. The topological polar surface area (TPSA) is 84.9 Å². The first-order valence-corrected chi connectivity index (χ1v) is 10.7. The molecule has 158 valence electrons. The van der Waals surface area contributed by atoms with Crippen molar-refractivity contribution < 1.29 is 22.7 Å². The molecule has 2 rings (SSSR count). The Balaban J connectivity index is 2.48. The molecule has 0 radical (unpaired) electrons. The molecule has 1 amide bonds. The van der Waals surface area contributed by atoms with Crippen molar-refractivity contribution >= 4 is 33.2 Å². The summed E-state index contributed by atoms with van der Waals surface area (Å²) in [6.45, 7) is 3.45. The van der Waals surface area contributed by atoms with Crippen LogP contribution in [0.2, 0.25) is 5.02 Å². The summed E-state index contributed by atoms with van der Waals surface area (Å²) in [7, 11) is -1.18. The van der Waals surface area contributed by atoms with Gasteiger partial charge in [0.15, 0.2) is 0 Å². The molecule has 1 atom stereocenters. The number of carbonyl (C=O) groups excluding carboxylic acids is 1. The van der Waals surface area contributed by atoms with Crippen LogP contribution in [0.5, 0.6) is 5.75 Å². The number of nitrogens with one attached hydrogen (secondary N) is 1. The summed E-state index contributed by atoms with van der Waals surface area (Å²) < 4.78 is 38.3. The minimum Gasteiger partial charge on any atom is -0.495 e. The molecule has 0 unspecified atom stereocenters. The van der Waals surface area contributed by atoms with Gasteiger partial charge >= 0.3 is 0 Å². The van der Waals surface area contributed by atoms with Gasteiger partial charge in [0.2, 0.25) is 5.91 Å². The van der Waals surface area contributed by atoms with E-state index in [9.17, 15) is 13.2 Å². The molecule has 0 fully saturated rings. The zero-order valence-corrected chi connectivity index (χ0v) is 18.4. The smallest absolute Gasteiger partial charge is 0.268 e. The number of rotatable bonds is 9. The van der Waals surface area contributed by atoms with E-state index in [1.165, 1.54) is 20.3 Å². The van der Waals surface area contributed by atoms with E-state index < -0.39 is 22.5 Å². The van der Waals surface area contributed by atoms with E-state index >= 15 is 0 Å². The summed E-state index contributed by atoms with van der Waals surface area (Å²) in [5.74, 6) is -0.262. The van der Waals surface area contributed by atoms with Gasteiger partial charge in [-0.25, -0.2) is 8.42 Å². The summed E-state index contributed by atoms with van der Waals surface area (Å²) in [4.78, 5) is 12.5. The Labute approximate surface area is 176 Å². The van der Waals surface area contributed by atoms with Crippen LogP contribution in [0.15, 0.2) is 47.4 Å². The van der Waals surface area contributed by atoms with Crippen molar-refractivity contribution in [3.8, 4) is 5.75 Å². The highest BCUT2D eigenvalue weighted by Gasteiger charge is 2.30. The lowest BCUT2D eigenvalue weighted by Crippen LogP contribution is -2.44. The van der Waals surface area contributed by atoms with Crippen molar-refractivity contribution in [3.05, 3.63) is 53.1 Å². The monoisotopic (exact) mass is 440 g/mol. The molecule has 29 heavy (non-hydrogen) atoms. The van der Waals surface area contributed by atoms with Crippen molar-refractivity contribution in [2.75, 3.05) is 31.7 Å². The van der Waals surface area contributed by atoms with Crippen molar-refractivity contribution in [1.82, 2.24) is 5.32 Å². The lowest BCUT2D eigenvalue weighted by Gasteiger charge is -2.26. The number of hydrogen-bond donors (Lipinski definition) is 1. The number of benzene rings is 2. The van der Waals surface area contributed by atoms with E-state index in [0.29, 0.717) is 17.3 Å². The highest BCUT2D eigenvalue weighted by Crippen LogP contribution is 2.31. The Hall–Kier alpha value is -2.29. The van der Waals surface area contributed by atoms with Crippen LogP contribution < -0.4 is 14.4 Å². The van der Waals surface area contributed by atoms with Gasteiger partial charge in [-0.05, 0) is 55.8 Å². The van der Waals surface area contributed by atoms with Crippen LogP contribution in [-0.4, -0.2) is 47.7 Å². The summed E-state index contributed by atoms with van der Waals surface area (Å²) in [6.07, 6.45) is 0. The van der Waals surface area contributed by atoms with Gasteiger partial charge in [-0.3, -0.25) is 9.10 Å². The summed E-state index contributed by atoms with van der Waals surface area (Å²) in [6, 6.07) is 10.8. The van der Waals surface area contributed by atoms with Gasteiger partial charge in [-0.2, -0.15) is 0 Å². The quantitative estimate of drug-likeness (QED) is 0.647. The maximum absolute atomic E-state index is 13.5. The van der Waals surface area contributed by atoms with E-state index in [1.807, 2.05) is 0 Å². The van der Waals surface area contributed by atoms with E-state index in [-0.39, 0.29) is 16.7 Å². The second-order valence-corrected chi connectivity index (χ2v) is 8.83. The largest absolute Gasteiger partial charge is 0.495 e. The van der Waals surface area contributed by atoms with Gasteiger partial charge in [0.25, 0.3) is 10.0 Å². The first kappa shape index (κ1) is 23.0. The van der Waals surface area contributed by atoms with Gasteiger partial charge in [0, 0.05) is 18.2 Å². The first-order chi connectivity index (χ1) is 13.7. The maximum Gasteiger partial charge on any atom is 0.268 e. The Kier molecular flexibility index (Phi) is 7.89. The Morgan fingerprint density at radius 3 is 2.41 bits per heavy atom. The number of hydrogen-bond acceptors (Lipinski definition) is 5. The second-order valence-electron chi connectivity index (χ2n) is 6.57. The van der Waals surface area contributed by atoms with Crippen LogP contribution in [0, 0.1) is 6.92 Å². The number of anilines is 1. The molecular weight excluding hydrogens is 416 g/mol. The number of nitrogens with zero attached hydrogens (tertiary/aromatic N) is 1. The summed E-state index contributed by atoms with van der Waals surface area (Å²) in [5, 5.41) is 3.18. The average molecular weight is 441 g/mol. The Morgan fingerprint density at radius 1 is 1.17 bits per heavy atom. The van der Waals surface area contributed by atoms with E-state index in [1.54, 1.807) is 50.2 Å². The standard InChI is InChI=1S/C20H25ClN2O5S/c1-14-5-10-18(28-4)19(11-14)29(25,26)23(17-8-6-16(21)7-9-17)12-20(24)22-15(2)13-27-3/h5-11,15H,12-13H2,1-4H3,(H,22,24)/t15-/m1/s1. The third-order valence-corrected chi connectivity index (χ3v) is 6.16. The van der Waals surface area contributed by atoms with E-state index in [2.05, 4.69) is 5.32 Å². The van der Waals surface area contributed by atoms with Gasteiger partial charge in [0.1, 0.15) is 17.2 Å². The van der Waals surface area contributed by atoms with Crippen molar-refractivity contribution in [2.45, 2.75) is 24.8 Å². The van der Waals surface area contributed by atoms with Crippen molar-refractivity contribution in [3.63, 3.8) is 0 Å². The molecular formula is C20H25ClN2O5S. The summed E-state index contributed by atoms with van der Waals surface area (Å²) >= 11 is 5.94. The van der Waals surface area contributed by atoms with Gasteiger partial charge in [0.05, 0.1) is 19.4 Å². The Morgan fingerprint density at radius 2 is 1.83 bits per heavy atom. The van der Waals surface area contributed by atoms with E-state index in [4.69, 9.17) is 21.1 Å². The second kappa shape index (κ2) is 9.96. The molecule has 2 aromatic rings. The molecule has 9 heteroatoms. The fourth-order valence-corrected chi connectivity index (χ4v) is 4.56. The van der Waals surface area contributed by atoms with Crippen LogP contribution >= 0.6 is 11.6 Å². The SMILES string of the molecule is COC[C@@H](C)NC(=O)CN(c1ccc(Cl)cc1)S(=O)(=O)c1cc(C)ccc1OC. The maximum atomic E-state index is 13.5. The third kappa shape index (κ3) is 5.85. The first-order valence-electron chi connectivity index (χ1n) is 8.90. The number of sulfonamides is 1. The highest BCUT2D eigenvalue weighted by atomic mass is 35.5. The van der Waals surface area contributed by atoms with Crippen molar-refractivity contribution in [1.29, 1.82) is 0 Å². The number of halogens is 1. The molecule has 0 heterocycles. The van der Waals surface area contributed by atoms with Gasteiger partial charge in [-0.15, -0.1) is 0 Å². The molecule has 0 aliphatic heterocycles. The predicted molar refractivity (Wildman–Crippen MR) is 113 cm³/mol. The number of ether oxygens (including phenoxy) is 2. The van der Waals surface area contributed by atoms with Crippen LogP contribution in [0.25, 0.3) is 0 Å². The highest BCUT2D eigenvalue weighted by molar-refractivity contribution is 7.93. The van der Waals surface area contributed by atoms with Crippen molar-refractivity contribution in [2.24, 2.45) is 0 Å². The molecule has 0 saturated carbocycles. The third-order valence-electron chi connectivity index (χ3n) is 4.11. The van der Waals surface area contributed by atoms with Crippen LogP contribution in [-0.2, 0) is 19.6 Å². The lowest BCUT2D eigenvalue weighted by molar-refractivity contribution is -0.120. The molecule has 0 saturated heterocycles. The average Bonchev–Trinajstić information content (AvgIpc) is 2.67.